The molecule has 0 aliphatic carbocycles. The summed E-state index contributed by atoms with van der Waals surface area (Å²) in [5.41, 5.74) is 0.0868. The molecule has 0 spiro atoms. The lowest BCUT2D eigenvalue weighted by Crippen LogP contribution is -2.35. The lowest BCUT2D eigenvalue weighted by atomic mass is 10.1. The van der Waals surface area contributed by atoms with E-state index in [0.717, 1.165) is 0 Å². The van der Waals surface area contributed by atoms with Crippen LogP contribution in [0.1, 0.15) is 35.8 Å². The van der Waals surface area contributed by atoms with Gasteiger partial charge in [0.1, 0.15) is 11.9 Å². The molecule has 1 aromatic carbocycles. The van der Waals surface area contributed by atoms with Crippen molar-refractivity contribution in [3.63, 3.8) is 0 Å². The van der Waals surface area contributed by atoms with Crippen molar-refractivity contribution in [2.45, 2.75) is 25.5 Å². The molecule has 0 aliphatic rings. The zero-order chi connectivity index (χ0) is 17.1. The number of amides is 1. The van der Waals surface area contributed by atoms with Gasteiger partial charge in [0.15, 0.2) is 5.82 Å². The van der Waals surface area contributed by atoms with Crippen molar-refractivity contribution in [1.29, 1.82) is 0 Å². The van der Waals surface area contributed by atoms with E-state index in [1.54, 1.807) is 43.3 Å². The zero-order valence-corrected chi connectivity index (χ0v) is 13.0. The van der Waals surface area contributed by atoms with E-state index in [2.05, 4.69) is 15.3 Å². The summed E-state index contributed by atoms with van der Waals surface area (Å²) in [6.45, 7) is 1.75. The second kappa shape index (κ2) is 6.67. The van der Waals surface area contributed by atoms with E-state index >= 15 is 0 Å². The van der Waals surface area contributed by atoms with Crippen LogP contribution >= 0.6 is 0 Å². The third-order valence-electron chi connectivity index (χ3n) is 3.65. The Balaban J connectivity index is 1.71. The highest BCUT2D eigenvalue weighted by Crippen LogP contribution is 2.18. The van der Waals surface area contributed by atoms with Crippen LogP contribution in [0.2, 0.25) is 0 Å². The van der Waals surface area contributed by atoms with E-state index in [0.29, 0.717) is 16.7 Å². The highest BCUT2D eigenvalue weighted by atomic mass is 16.4. The Kier molecular flexibility index (Phi) is 4.43. The summed E-state index contributed by atoms with van der Waals surface area (Å²) in [6, 6.07) is 9.81. The number of carbonyl (C=O) groups is 1. The summed E-state index contributed by atoms with van der Waals surface area (Å²) in [5, 5.41) is 13.2. The van der Waals surface area contributed by atoms with E-state index in [1.807, 2.05) is 0 Å². The number of hydrogen-bond donors (Lipinski definition) is 3. The van der Waals surface area contributed by atoms with Crippen LogP contribution in [0.4, 0.5) is 0 Å². The molecule has 2 atom stereocenters. The van der Waals surface area contributed by atoms with Crippen LogP contribution in [0.5, 0.6) is 0 Å². The average molecular weight is 327 g/mol. The van der Waals surface area contributed by atoms with Crippen LogP contribution < -0.4 is 10.9 Å². The number of fused-ring (bicyclic) bond motifs is 1. The molecule has 0 saturated carbocycles. The SMILES string of the molecule is CC(CC(O)c1ccco1)NC(=O)c1nc2ccccc2c(=O)[nH]1. The molecule has 7 nitrogen and oxygen atoms in total. The van der Waals surface area contributed by atoms with Crippen molar-refractivity contribution >= 4 is 16.8 Å². The van der Waals surface area contributed by atoms with E-state index < -0.39 is 12.0 Å². The lowest BCUT2D eigenvalue weighted by Gasteiger charge is -2.16. The highest BCUT2D eigenvalue weighted by molar-refractivity contribution is 5.92. The molecule has 3 rings (SSSR count). The van der Waals surface area contributed by atoms with Crippen molar-refractivity contribution in [3.05, 3.63) is 64.6 Å². The second-order valence-corrected chi connectivity index (χ2v) is 5.57. The first kappa shape index (κ1) is 15.9. The summed E-state index contributed by atoms with van der Waals surface area (Å²) in [7, 11) is 0. The van der Waals surface area contributed by atoms with E-state index in [-0.39, 0.29) is 23.8 Å². The van der Waals surface area contributed by atoms with Crippen molar-refractivity contribution in [2.24, 2.45) is 0 Å². The topological polar surface area (TPSA) is 108 Å². The molecule has 0 radical (unpaired) electrons. The molecule has 2 heterocycles. The Bertz CT molecular complexity index is 902. The number of aliphatic hydroxyl groups is 1. The number of furan rings is 1. The van der Waals surface area contributed by atoms with Gasteiger partial charge in [-0.25, -0.2) is 4.98 Å². The zero-order valence-electron chi connectivity index (χ0n) is 13.0. The predicted octanol–water partition coefficient (Wildman–Crippen LogP) is 1.76. The number of H-pyrrole nitrogens is 1. The standard InChI is InChI=1S/C17H17N3O4/c1-10(9-13(21)14-7-4-8-24-14)18-17(23)15-19-12-6-3-2-5-11(12)16(22)20-15/h2-8,10,13,21H,9H2,1H3,(H,18,23)(H,19,20,22). The lowest BCUT2D eigenvalue weighted by molar-refractivity contribution is 0.0893. The van der Waals surface area contributed by atoms with Gasteiger partial charge in [-0.05, 0) is 31.2 Å². The first-order valence-electron chi connectivity index (χ1n) is 7.56. The van der Waals surface area contributed by atoms with E-state index in [4.69, 9.17) is 4.42 Å². The number of nitrogens with one attached hydrogen (secondary N) is 2. The first-order valence-corrected chi connectivity index (χ1v) is 7.56. The van der Waals surface area contributed by atoms with Gasteiger partial charge >= 0.3 is 0 Å². The minimum Gasteiger partial charge on any atom is -0.467 e. The molecule has 124 valence electrons. The van der Waals surface area contributed by atoms with Gasteiger partial charge in [0.2, 0.25) is 0 Å². The molecule has 2 aromatic heterocycles. The van der Waals surface area contributed by atoms with E-state index in [1.165, 1.54) is 6.26 Å². The Morgan fingerprint density at radius 2 is 2.12 bits per heavy atom. The normalized spacial score (nSPS) is 13.6. The summed E-state index contributed by atoms with van der Waals surface area (Å²) >= 11 is 0. The molecular formula is C17H17N3O4. The number of carbonyl (C=O) groups excluding carboxylic acids is 1. The molecule has 3 aromatic rings. The maximum Gasteiger partial charge on any atom is 0.287 e. The first-order chi connectivity index (χ1) is 11.5. The fourth-order valence-corrected chi connectivity index (χ4v) is 2.48. The maximum absolute atomic E-state index is 12.3. The van der Waals surface area contributed by atoms with Crippen LogP contribution in [-0.4, -0.2) is 27.0 Å². The van der Waals surface area contributed by atoms with Crippen molar-refractivity contribution in [2.75, 3.05) is 0 Å². The van der Waals surface area contributed by atoms with Gasteiger partial charge in [0, 0.05) is 12.5 Å². The third kappa shape index (κ3) is 3.36. The molecule has 3 N–H and O–H groups in total. The van der Waals surface area contributed by atoms with Crippen LogP contribution in [0.3, 0.4) is 0 Å². The third-order valence-corrected chi connectivity index (χ3v) is 3.65. The minimum atomic E-state index is -0.820. The number of nitrogens with zero attached hydrogens (tertiary/aromatic N) is 1. The molecule has 0 bridgehead atoms. The Morgan fingerprint density at radius 1 is 1.33 bits per heavy atom. The van der Waals surface area contributed by atoms with Gasteiger partial charge in [-0.15, -0.1) is 0 Å². The smallest absolute Gasteiger partial charge is 0.287 e. The summed E-state index contributed by atoms with van der Waals surface area (Å²) in [6.07, 6.45) is 0.932. The number of aromatic amines is 1. The predicted molar refractivity (Wildman–Crippen MR) is 87.6 cm³/mol. The van der Waals surface area contributed by atoms with Gasteiger partial charge in [0.25, 0.3) is 11.5 Å². The minimum absolute atomic E-state index is 0.0574. The molecule has 0 fully saturated rings. The Labute approximate surface area is 137 Å². The quantitative estimate of drug-likeness (QED) is 0.662. The molecule has 7 heteroatoms. The number of para-hydroxylation sites is 1. The van der Waals surface area contributed by atoms with Gasteiger partial charge in [0.05, 0.1) is 17.2 Å². The number of benzene rings is 1. The number of hydrogen-bond acceptors (Lipinski definition) is 5. The number of rotatable bonds is 5. The monoisotopic (exact) mass is 327 g/mol. The van der Waals surface area contributed by atoms with Gasteiger partial charge in [-0.2, -0.15) is 0 Å². The van der Waals surface area contributed by atoms with Gasteiger partial charge in [-0.1, -0.05) is 12.1 Å². The van der Waals surface area contributed by atoms with Crippen LogP contribution in [0.15, 0.2) is 51.9 Å². The van der Waals surface area contributed by atoms with Crippen molar-refractivity contribution in [3.8, 4) is 0 Å². The fourth-order valence-electron chi connectivity index (χ4n) is 2.48. The number of aliphatic hydroxyl groups excluding tert-OH is 1. The Hall–Kier alpha value is -2.93. The van der Waals surface area contributed by atoms with Crippen molar-refractivity contribution in [1.82, 2.24) is 15.3 Å². The van der Waals surface area contributed by atoms with Crippen molar-refractivity contribution < 1.29 is 14.3 Å². The number of aromatic nitrogens is 2. The molecule has 2 unspecified atom stereocenters. The maximum atomic E-state index is 12.3. The molecule has 0 saturated heterocycles. The average Bonchev–Trinajstić information content (AvgIpc) is 3.09. The summed E-state index contributed by atoms with van der Waals surface area (Å²) < 4.78 is 5.13. The van der Waals surface area contributed by atoms with Crippen LogP contribution in [-0.2, 0) is 0 Å². The second-order valence-electron chi connectivity index (χ2n) is 5.57. The Morgan fingerprint density at radius 3 is 2.88 bits per heavy atom. The molecular weight excluding hydrogens is 310 g/mol. The highest BCUT2D eigenvalue weighted by Gasteiger charge is 2.18. The summed E-state index contributed by atoms with van der Waals surface area (Å²) in [5.74, 6) is -0.122. The summed E-state index contributed by atoms with van der Waals surface area (Å²) in [4.78, 5) is 30.9. The fraction of sp³-hybridized carbons (Fsp3) is 0.235. The molecule has 24 heavy (non-hydrogen) atoms. The van der Waals surface area contributed by atoms with Crippen LogP contribution in [0, 0.1) is 0 Å². The molecule has 0 aliphatic heterocycles. The van der Waals surface area contributed by atoms with Crippen LogP contribution in [0.25, 0.3) is 10.9 Å². The van der Waals surface area contributed by atoms with Gasteiger partial charge in [-0.3, -0.25) is 9.59 Å². The molecule has 1 amide bonds. The van der Waals surface area contributed by atoms with E-state index in [9.17, 15) is 14.7 Å². The van der Waals surface area contributed by atoms with Gasteiger partial charge < -0.3 is 19.8 Å². The largest absolute Gasteiger partial charge is 0.467 e.